The minimum atomic E-state index is -0.150. The van der Waals surface area contributed by atoms with Crippen LogP contribution in [0.2, 0.25) is 5.02 Å². The molecular weight excluding hydrogens is 294 g/mol. The van der Waals surface area contributed by atoms with Crippen LogP contribution in [-0.4, -0.2) is 40.9 Å². The van der Waals surface area contributed by atoms with Crippen molar-refractivity contribution in [3.05, 3.63) is 23.2 Å². The standard InChI is InChI=1S/C14H20ClN3OS/c1-9-8-20-6-5-18(9)10(2)14(19)17-11-3-4-12(15)13(16)7-11/h3-4,7,9-10H,5-6,8,16H2,1-2H3,(H,17,19). The summed E-state index contributed by atoms with van der Waals surface area (Å²) in [5.74, 6) is 2.15. The molecule has 1 aliphatic rings. The summed E-state index contributed by atoms with van der Waals surface area (Å²) in [5.41, 5.74) is 6.90. The minimum Gasteiger partial charge on any atom is -0.397 e. The molecule has 2 rings (SSSR count). The van der Waals surface area contributed by atoms with Crippen molar-refractivity contribution < 1.29 is 4.79 Å². The molecular formula is C14H20ClN3OS. The number of carbonyl (C=O) groups excluding carboxylic acids is 1. The Labute approximate surface area is 129 Å². The lowest BCUT2D eigenvalue weighted by Crippen LogP contribution is -2.50. The van der Waals surface area contributed by atoms with Gasteiger partial charge in [0.2, 0.25) is 5.91 Å². The van der Waals surface area contributed by atoms with E-state index < -0.39 is 0 Å². The van der Waals surface area contributed by atoms with Crippen molar-refractivity contribution in [2.24, 2.45) is 0 Å². The molecule has 0 radical (unpaired) electrons. The van der Waals surface area contributed by atoms with Gasteiger partial charge in [-0.25, -0.2) is 0 Å². The van der Waals surface area contributed by atoms with Gasteiger partial charge in [0.1, 0.15) is 0 Å². The van der Waals surface area contributed by atoms with Gasteiger partial charge < -0.3 is 11.1 Å². The Balaban J connectivity index is 2.01. The van der Waals surface area contributed by atoms with Gasteiger partial charge in [-0.1, -0.05) is 11.6 Å². The first kappa shape index (κ1) is 15.5. The van der Waals surface area contributed by atoms with Gasteiger partial charge in [-0.2, -0.15) is 11.8 Å². The summed E-state index contributed by atoms with van der Waals surface area (Å²) < 4.78 is 0. The van der Waals surface area contributed by atoms with Crippen LogP contribution < -0.4 is 11.1 Å². The smallest absolute Gasteiger partial charge is 0.241 e. The molecule has 1 aromatic rings. The first-order valence-corrected chi connectivity index (χ1v) is 8.21. The largest absolute Gasteiger partial charge is 0.397 e. The number of halogens is 1. The number of thioether (sulfide) groups is 1. The lowest BCUT2D eigenvalue weighted by Gasteiger charge is -2.36. The minimum absolute atomic E-state index is 0.00882. The average molecular weight is 314 g/mol. The molecule has 0 aromatic heterocycles. The molecule has 6 heteroatoms. The maximum Gasteiger partial charge on any atom is 0.241 e. The zero-order valence-electron chi connectivity index (χ0n) is 11.7. The van der Waals surface area contributed by atoms with Gasteiger partial charge in [0, 0.05) is 29.8 Å². The van der Waals surface area contributed by atoms with E-state index in [4.69, 9.17) is 17.3 Å². The highest BCUT2D eigenvalue weighted by atomic mass is 35.5. The summed E-state index contributed by atoms with van der Waals surface area (Å²) in [4.78, 5) is 14.6. The van der Waals surface area contributed by atoms with Crippen molar-refractivity contribution in [3.8, 4) is 0 Å². The summed E-state index contributed by atoms with van der Waals surface area (Å²) in [6, 6.07) is 5.41. The molecule has 3 N–H and O–H groups in total. The van der Waals surface area contributed by atoms with Crippen LogP contribution in [0.5, 0.6) is 0 Å². The van der Waals surface area contributed by atoms with Crippen molar-refractivity contribution in [2.75, 3.05) is 29.1 Å². The lowest BCUT2D eigenvalue weighted by molar-refractivity contribution is -0.121. The molecule has 1 aliphatic heterocycles. The summed E-state index contributed by atoms with van der Waals surface area (Å²) in [7, 11) is 0. The molecule has 1 saturated heterocycles. The monoisotopic (exact) mass is 313 g/mol. The molecule has 1 aromatic carbocycles. The van der Waals surface area contributed by atoms with Crippen LogP contribution in [0.25, 0.3) is 0 Å². The number of hydrogen-bond donors (Lipinski definition) is 2. The Morgan fingerprint density at radius 1 is 1.60 bits per heavy atom. The summed E-state index contributed by atoms with van der Waals surface area (Å²) in [6.45, 7) is 5.06. The summed E-state index contributed by atoms with van der Waals surface area (Å²) >= 11 is 7.81. The van der Waals surface area contributed by atoms with E-state index in [1.165, 1.54) is 0 Å². The quantitative estimate of drug-likeness (QED) is 0.842. The van der Waals surface area contributed by atoms with Gasteiger partial charge in [0.25, 0.3) is 0 Å². The van der Waals surface area contributed by atoms with Crippen LogP contribution in [0.3, 0.4) is 0 Å². The fraction of sp³-hybridized carbons (Fsp3) is 0.500. The van der Waals surface area contributed by atoms with Gasteiger partial charge in [-0.05, 0) is 32.0 Å². The number of nitrogens with one attached hydrogen (secondary N) is 1. The third-order valence-electron chi connectivity index (χ3n) is 3.56. The van der Waals surface area contributed by atoms with E-state index >= 15 is 0 Å². The van der Waals surface area contributed by atoms with E-state index in [2.05, 4.69) is 17.1 Å². The van der Waals surface area contributed by atoms with E-state index in [-0.39, 0.29) is 11.9 Å². The molecule has 20 heavy (non-hydrogen) atoms. The number of benzene rings is 1. The van der Waals surface area contributed by atoms with Crippen LogP contribution in [-0.2, 0) is 4.79 Å². The van der Waals surface area contributed by atoms with Crippen molar-refractivity contribution in [3.63, 3.8) is 0 Å². The molecule has 0 bridgehead atoms. The highest BCUT2D eigenvalue weighted by Gasteiger charge is 2.27. The van der Waals surface area contributed by atoms with E-state index in [1.54, 1.807) is 18.2 Å². The Bertz CT molecular complexity index is 497. The molecule has 4 nitrogen and oxygen atoms in total. The summed E-state index contributed by atoms with van der Waals surface area (Å²) in [5, 5.41) is 3.40. The Kier molecular flexibility index (Phi) is 5.18. The van der Waals surface area contributed by atoms with E-state index in [0.717, 1.165) is 18.1 Å². The first-order chi connectivity index (χ1) is 9.49. The van der Waals surface area contributed by atoms with Gasteiger partial charge in [-0.3, -0.25) is 9.69 Å². The molecule has 0 spiro atoms. The number of amides is 1. The van der Waals surface area contributed by atoms with Gasteiger partial charge in [-0.15, -0.1) is 0 Å². The van der Waals surface area contributed by atoms with Crippen molar-refractivity contribution in [1.82, 2.24) is 4.90 Å². The molecule has 1 heterocycles. The van der Waals surface area contributed by atoms with Gasteiger partial charge >= 0.3 is 0 Å². The second-order valence-corrected chi connectivity index (χ2v) is 6.62. The van der Waals surface area contributed by atoms with Gasteiger partial charge in [0.15, 0.2) is 0 Å². The molecule has 1 amide bonds. The van der Waals surface area contributed by atoms with E-state index in [0.29, 0.717) is 22.4 Å². The maximum absolute atomic E-state index is 12.3. The molecule has 110 valence electrons. The van der Waals surface area contributed by atoms with Crippen molar-refractivity contribution >= 4 is 40.6 Å². The topological polar surface area (TPSA) is 58.4 Å². The van der Waals surface area contributed by atoms with Crippen molar-refractivity contribution in [2.45, 2.75) is 25.9 Å². The predicted octanol–water partition coefficient (Wildman–Crippen LogP) is 2.69. The predicted molar refractivity (Wildman–Crippen MR) is 87.4 cm³/mol. The third kappa shape index (κ3) is 3.59. The second-order valence-electron chi connectivity index (χ2n) is 5.06. The number of rotatable bonds is 3. The van der Waals surface area contributed by atoms with Crippen LogP contribution in [0.15, 0.2) is 18.2 Å². The number of hydrogen-bond acceptors (Lipinski definition) is 4. The normalized spacial score (nSPS) is 21.4. The number of anilines is 2. The molecule has 2 atom stereocenters. The van der Waals surface area contributed by atoms with Gasteiger partial charge in [0.05, 0.1) is 16.8 Å². The molecule has 0 aliphatic carbocycles. The second kappa shape index (κ2) is 6.70. The fourth-order valence-electron chi connectivity index (χ4n) is 2.33. The lowest BCUT2D eigenvalue weighted by atomic mass is 10.2. The van der Waals surface area contributed by atoms with Crippen LogP contribution in [0.1, 0.15) is 13.8 Å². The number of nitrogens with zero attached hydrogens (tertiary/aromatic N) is 1. The van der Waals surface area contributed by atoms with Crippen molar-refractivity contribution in [1.29, 1.82) is 0 Å². The number of nitrogens with two attached hydrogens (primary N) is 1. The third-order valence-corrected chi connectivity index (χ3v) is 5.09. The highest BCUT2D eigenvalue weighted by Crippen LogP contribution is 2.23. The molecule has 0 saturated carbocycles. The fourth-order valence-corrected chi connectivity index (χ4v) is 3.49. The molecule has 2 unspecified atom stereocenters. The Hall–Kier alpha value is -0.910. The highest BCUT2D eigenvalue weighted by molar-refractivity contribution is 7.99. The summed E-state index contributed by atoms with van der Waals surface area (Å²) in [6.07, 6.45) is 0. The Morgan fingerprint density at radius 2 is 2.35 bits per heavy atom. The Morgan fingerprint density at radius 3 is 3.00 bits per heavy atom. The zero-order valence-corrected chi connectivity index (χ0v) is 13.3. The molecule has 1 fully saturated rings. The first-order valence-electron chi connectivity index (χ1n) is 6.68. The van der Waals surface area contributed by atoms with E-state index in [9.17, 15) is 4.79 Å². The van der Waals surface area contributed by atoms with Crippen LogP contribution in [0.4, 0.5) is 11.4 Å². The number of carbonyl (C=O) groups is 1. The SMILES string of the molecule is CC1CSCCN1C(C)C(=O)Nc1ccc(Cl)c(N)c1. The van der Waals surface area contributed by atoms with Crippen LogP contribution >= 0.6 is 23.4 Å². The average Bonchev–Trinajstić information content (AvgIpc) is 2.42. The maximum atomic E-state index is 12.3. The van der Waals surface area contributed by atoms with E-state index in [1.807, 2.05) is 18.7 Å². The van der Waals surface area contributed by atoms with Crippen LogP contribution in [0, 0.1) is 0 Å². The number of nitrogen functional groups attached to an aromatic ring is 1. The zero-order chi connectivity index (χ0) is 14.7.